The van der Waals surface area contributed by atoms with Crippen LogP contribution in [0.3, 0.4) is 0 Å². The summed E-state index contributed by atoms with van der Waals surface area (Å²) in [5, 5.41) is 29.4. The zero-order chi connectivity index (χ0) is 36.4. The molecule has 13 nitrogen and oxygen atoms in total. The van der Waals surface area contributed by atoms with Gasteiger partial charge < -0.3 is 43.7 Å². The summed E-state index contributed by atoms with van der Waals surface area (Å²) >= 11 is 0. The van der Waals surface area contributed by atoms with E-state index in [-0.39, 0.29) is 12.8 Å². The molecule has 286 valence electrons. The minimum absolute atomic E-state index is 0.0675. The summed E-state index contributed by atoms with van der Waals surface area (Å²) in [4.78, 5) is 50.3. The Bertz CT molecular complexity index is 913. The van der Waals surface area contributed by atoms with Crippen LogP contribution >= 0.6 is 0 Å². The van der Waals surface area contributed by atoms with Gasteiger partial charge in [0, 0.05) is 26.7 Å². The second kappa shape index (κ2) is 27.4. The van der Waals surface area contributed by atoms with Gasteiger partial charge in [-0.25, -0.2) is 0 Å². The number of hydrogen-bond acceptors (Lipinski definition) is 13. The molecule has 1 saturated heterocycles. The predicted octanol–water partition coefficient (Wildman–Crippen LogP) is 4.82. The molecule has 0 saturated carbocycles. The number of unbranched alkanes of at least 4 members (excludes halogenated alkanes) is 14. The zero-order valence-electron chi connectivity index (χ0n) is 30.3. The molecule has 0 amide bonds. The summed E-state index contributed by atoms with van der Waals surface area (Å²) in [6.45, 7) is 4.95. The van der Waals surface area contributed by atoms with Gasteiger partial charge >= 0.3 is 23.9 Å². The first-order valence-corrected chi connectivity index (χ1v) is 18.5. The Labute approximate surface area is 292 Å². The van der Waals surface area contributed by atoms with Crippen molar-refractivity contribution >= 4 is 23.9 Å². The Morgan fingerprint density at radius 1 is 0.612 bits per heavy atom. The summed E-state index contributed by atoms with van der Waals surface area (Å²) < 4.78 is 34.1. The lowest BCUT2D eigenvalue weighted by Gasteiger charge is -2.44. The van der Waals surface area contributed by atoms with Crippen LogP contribution in [-0.4, -0.2) is 102 Å². The smallest absolute Gasteiger partial charge is 0.306 e. The maximum Gasteiger partial charge on any atom is 0.306 e. The van der Waals surface area contributed by atoms with E-state index in [0.717, 1.165) is 58.3 Å². The molecule has 7 atom stereocenters. The number of carbonyl (C=O) groups is 4. The largest absolute Gasteiger partial charge is 0.463 e. The molecule has 0 aromatic carbocycles. The van der Waals surface area contributed by atoms with Gasteiger partial charge in [-0.05, 0) is 12.8 Å². The van der Waals surface area contributed by atoms with Gasteiger partial charge in [0.25, 0.3) is 0 Å². The van der Waals surface area contributed by atoms with E-state index < -0.39 is 86.6 Å². The molecular weight excluding hydrogens is 640 g/mol. The van der Waals surface area contributed by atoms with Crippen LogP contribution in [0.15, 0.2) is 0 Å². The van der Waals surface area contributed by atoms with Crippen molar-refractivity contribution < 1.29 is 62.9 Å². The van der Waals surface area contributed by atoms with Crippen LogP contribution < -0.4 is 0 Å². The second-order valence-corrected chi connectivity index (χ2v) is 12.9. The van der Waals surface area contributed by atoms with Crippen molar-refractivity contribution in [2.75, 3.05) is 19.8 Å². The highest BCUT2D eigenvalue weighted by Gasteiger charge is 2.53. The normalized spacial score (nSPS) is 21.8. The Balaban J connectivity index is 3.15. The van der Waals surface area contributed by atoms with Crippen molar-refractivity contribution in [3.8, 4) is 0 Å². The number of rotatable bonds is 28. The van der Waals surface area contributed by atoms with Crippen LogP contribution in [-0.2, 0) is 47.6 Å². The quantitative estimate of drug-likeness (QED) is 0.0573. The first-order valence-electron chi connectivity index (χ1n) is 18.5. The highest BCUT2D eigenvalue weighted by atomic mass is 16.7. The number of hydrogen-bond donors (Lipinski definition) is 3. The maximum absolute atomic E-state index is 13.2. The molecule has 0 aliphatic carbocycles. The van der Waals surface area contributed by atoms with Gasteiger partial charge in [0.05, 0.1) is 13.2 Å². The van der Waals surface area contributed by atoms with Crippen molar-refractivity contribution in [2.24, 2.45) is 0 Å². The third-order valence-electron chi connectivity index (χ3n) is 8.41. The number of carbonyl (C=O) groups excluding carboxylic acids is 4. The lowest BCUT2D eigenvalue weighted by Crippen LogP contribution is -2.63. The van der Waals surface area contributed by atoms with E-state index in [1.807, 2.05) is 0 Å². The molecule has 0 aromatic rings. The third kappa shape index (κ3) is 20.2. The highest BCUT2D eigenvalue weighted by molar-refractivity contribution is 5.71. The second-order valence-electron chi connectivity index (χ2n) is 12.9. The van der Waals surface area contributed by atoms with E-state index in [4.69, 9.17) is 28.4 Å². The van der Waals surface area contributed by atoms with Crippen LogP contribution in [0.25, 0.3) is 0 Å². The van der Waals surface area contributed by atoms with Gasteiger partial charge in [-0.15, -0.1) is 0 Å². The van der Waals surface area contributed by atoms with Gasteiger partial charge in [-0.1, -0.05) is 104 Å². The van der Waals surface area contributed by atoms with E-state index in [0.29, 0.717) is 12.8 Å². The van der Waals surface area contributed by atoms with E-state index in [1.54, 1.807) is 0 Å². The molecule has 1 fully saturated rings. The van der Waals surface area contributed by atoms with E-state index >= 15 is 0 Å². The fourth-order valence-corrected chi connectivity index (χ4v) is 5.59. The number of aliphatic hydroxyl groups is 3. The van der Waals surface area contributed by atoms with Crippen LogP contribution in [0.4, 0.5) is 0 Å². The molecule has 3 N–H and O–H groups in total. The number of esters is 4. The van der Waals surface area contributed by atoms with Crippen LogP contribution in [0, 0.1) is 0 Å². The van der Waals surface area contributed by atoms with Crippen molar-refractivity contribution in [1.29, 1.82) is 0 Å². The van der Waals surface area contributed by atoms with Crippen LogP contribution in [0.2, 0.25) is 0 Å². The lowest BCUT2D eigenvalue weighted by molar-refractivity contribution is -0.312. The Morgan fingerprint density at radius 3 is 1.53 bits per heavy atom. The number of aliphatic hydroxyl groups excluding tert-OH is 3. The lowest BCUT2D eigenvalue weighted by atomic mass is 9.97. The maximum atomic E-state index is 13.2. The highest BCUT2D eigenvalue weighted by Crippen LogP contribution is 2.31. The molecule has 1 aliphatic rings. The Kier molecular flexibility index (Phi) is 25.0. The fourth-order valence-electron chi connectivity index (χ4n) is 5.59. The van der Waals surface area contributed by atoms with Crippen molar-refractivity contribution in [2.45, 2.75) is 186 Å². The zero-order valence-corrected chi connectivity index (χ0v) is 30.3. The minimum atomic E-state index is -1.54. The monoisotopic (exact) mass is 704 g/mol. The van der Waals surface area contributed by atoms with E-state index in [2.05, 4.69) is 13.8 Å². The van der Waals surface area contributed by atoms with Crippen molar-refractivity contribution in [3.63, 3.8) is 0 Å². The minimum Gasteiger partial charge on any atom is -0.463 e. The topological polar surface area (TPSA) is 184 Å². The molecule has 0 radical (unpaired) electrons. The van der Waals surface area contributed by atoms with Gasteiger partial charge in [-0.3, -0.25) is 19.2 Å². The van der Waals surface area contributed by atoms with Crippen LogP contribution in [0.5, 0.6) is 0 Å². The average Bonchev–Trinajstić information content (AvgIpc) is 3.06. The molecule has 0 spiro atoms. The molecule has 0 bridgehead atoms. The molecule has 1 rings (SSSR count). The summed E-state index contributed by atoms with van der Waals surface area (Å²) in [6.07, 6.45) is 6.48. The van der Waals surface area contributed by atoms with E-state index in [9.17, 15) is 34.5 Å². The van der Waals surface area contributed by atoms with Gasteiger partial charge in [0.15, 0.2) is 24.6 Å². The van der Waals surface area contributed by atoms with Gasteiger partial charge in [0.2, 0.25) is 0 Å². The summed E-state index contributed by atoms with van der Waals surface area (Å²) in [5.41, 5.74) is 0. The molecule has 13 heteroatoms. The van der Waals surface area contributed by atoms with Crippen molar-refractivity contribution in [3.05, 3.63) is 0 Å². The summed E-state index contributed by atoms with van der Waals surface area (Å²) in [6, 6.07) is 0. The average molecular weight is 705 g/mol. The molecule has 1 heterocycles. The standard InChI is InChI=1S/C36H64O13/c1-5-7-9-11-13-15-17-19-21-31(42)48-34-33(46-27(4)39)30(25-44-26(3)38)47-36(45-24-29(41)28(40)23-37)35(34)49-32(43)22-20-18-16-14-12-10-8-6-2/h28-30,33-37,40-41H,5-25H2,1-4H3/t28-,29+,30+,33+,34-,35-,36+/m0/s1. The molecule has 1 aliphatic heterocycles. The molecule has 0 unspecified atom stereocenters. The molecule has 49 heavy (non-hydrogen) atoms. The number of ether oxygens (including phenoxy) is 6. The summed E-state index contributed by atoms with van der Waals surface area (Å²) in [7, 11) is 0. The van der Waals surface area contributed by atoms with Gasteiger partial charge in [-0.2, -0.15) is 0 Å². The van der Waals surface area contributed by atoms with Gasteiger partial charge in [0.1, 0.15) is 24.9 Å². The predicted molar refractivity (Wildman–Crippen MR) is 180 cm³/mol. The van der Waals surface area contributed by atoms with Crippen molar-refractivity contribution in [1.82, 2.24) is 0 Å². The Morgan fingerprint density at radius 2 is 1.08 bits per heavy atom. The fraction of sp³-hybridized carbons (Fsp3) is 0.889. The Hall–Kier alpha value is -2.32. The van der Waals surface area contributed by atoms with Crippen LogP contribution in [0.1, 0.15) is 143 Å². The SMILES string of the molecule is CCCCCCCCCCC(=O)O[C@@H]1[C@H](OC(=O)CCCCCCCCCC)[C@H](OC[C@@H](O)[C@@H](O)CO)O[C@H](COC(C)=O)[C@H]1OC(C)=O. The van der Waals surface area contributed by atoms with E-state index in [1.165, 1.54) is 45.4 Å². The first-order chi connectivity index (χ1) is 23.5. The molecule has 0 aromatic heterocycles. The molecular formula is C36H64O13. The first kappa shape index (κ1) is 44.7. The summed E-state index contributed by atoms with van der Waals surface area (Å²) in [5.74, 6) is -2.62. The third-order valence-corrected chi connectivity index (χ3v) is 8.41.